The van der Waals surface area contributed by atoms with Crippen LogP contribution in [0, 0.1) is 0 Å². The van der Waals surface area contributed by atoms with Gasteiger partial charge in [0.05, 0.1) is 5.01 Å². The molecule has 0 atom stereocenters. The van der Waals surface area contributed by atoms with Gasteiger partial charge in [0.15, 0.2) is 0 Å². The van der Waals surface area contributed by atoms with Crippen molar-refractivity contribution >= 4 is 17.2 Å². The first-order valence-electron chi connectivity index (χ1n) is 6.03. The van der Waals surface area contributed by atoms with Crippen LogP contribution in [-0.2, 0) is 17.6 Å². The van der Waals surface area contributed by atoms with Crippen molar-refractivity contribution in [3.05, 3.63) is 52.5 Å². The molecule has 4 heteroatoms. The summed E-state index contributed by atoms with van der Waals surface area (Å²) in [6.07, 6.45) is 3.90. The average Bonchev–Trinajstić information content (AvgIpc) is 2.91. The largest absolute Gasteiger partial charge is 0.356 e. The van der Waals surface area contributed by atoms with E-state index in [1.165, 1.54) is 5.56 Å². The summed E-state index contributed by atoms with van der Waals surface area (Å²) in [5, 5.41) is 5.89. The van der Waals surface area contributed by atoms with Gasteiger partial charge in [-0.05, 0) is 12.0 Å². The molecule has 2 aromatic rings. The van der Waals surface area contributed by atoms with Crippen molar-refractivity contribution in [2.45, 2.75) is 19.3 Å². The zero-order chi connectivity index (χ0) is 12.6. The van der Waals surface area contributed by atoms with Crippen molar-refractivity contribution < 1.29 is 4.79 Å². The monoisotopic (exact) mass is 260 g/mol. The van der Waals surface area contributed by atoms with Gasteiger partial charge in [-0.25, -0.2) is 4.98 Å². The van der Waals surface area contributed by atoms with Crippen molar-refractivity contribution in [1.29, 1.82) is 0 Å². The molecule has 0 spiro atoms. The molecule has 0 radical (unpaired) electrons. The second kappa shape index (κ2) is 6.91. The molecular formula is C14H16N2OS. The Labute approximate surface area is 111 Å². The summed E-state index contributed by atoms with van der Waals surface area (Å²) < 4.78 is 0. The Morgan fingerprint density at radius 1 is 1.22 bits per heavy atom. The standard InChI is InChI=1S/C14H16N2OS/c17-13(6-7-14-16-10-11-18-14)15-9-8-12-4-2-1-3-5-12/h1-5,10-11H,6-9H2,(H,15,17). The number of hydrogen-bond donors (Lipinski definition) is 1. The number of thiazole rings is 1. The summed E-state index contributed by atoms with van der Waals surface area (Å²) in [6, 6.07) is 10.2. The van der Waals surface area contributed by atoms with Crippen LogP contribution in [0.25, 0.3) is 0 Å². The third kappa shape index (κ3) is 4.30. The number of aromatic nitrogens is 1. The zero-order valence-corrected chi connectivity index (χ0v) is 11.0. The molecule has 0 bridgehead atoms. The maximum Gasteiger partial charge on any atom is 0.220 e. The summed E-state index contributed by atoms with van der Waals surface area (Å²) in [4.78, 5) is 15.7. The molecular weight excluding hydrogens is 244 g/mol. The third-order valence-electron chi connectivity index (χ3n) is 2.63. The number of carbonyl (C=O) groups excluding carboxylic acids is 1. The van der Waals surface area contributed by atoms with Crippen molar-refractivity contribution in [2.75, 3.05) is 6.54 Å². The minimum atomic E-state index is 0.0983. The summed E-state index contributed by atoms with van der Waals surface area (Å²) in [5.74, 6) is 0.0983. The Morgan fingerprint density at radius 3 is 2.78 bits per heavy atom. The predicted octanol–water partition coefficient (Wildman–Crippen LogP) is 2.43. The van der Waals surface area contributed by atoms with E-state index in [-0.39, 0.29) is 5.91 Å². The SMILES string of the molecule is O=C(CCc1nccs1)NCCc1ccccc1. The molecule has 0 saturated carbocycles. The lowest BCUT2D eigenvalue weighted by Gasteiger charge is -2.04. The molecule has 2 rings (SSSR count). The summed E-state index contributed by atoms with van der Waals surface area (Å²) in [6.45, 7) is 0.695. The number of nitrogens with zero attached hydrogens (tertiary/aromatic N) is 1. The van der Waals surface area contributed by atoms with Crippen LogP contribution < -0.4 is 5.32 Å². The van der Waals surface area contributed by atoms with Gasteiger partial charge in [-0.1, -0.05) is 30.3 Å². The maximum absolute atomic E-state index is 11.6. The van der Waals surface area contributed by atoms with Crippen molar-refractivity contribution in [2.24, 2.45) is 0 Å². The van der Waals surface area contributed by atoms with Crippen LogP contribution in [-0.4, -0.2) is 17.4 Å². The van der Waals surface area contributed by atoms with E-state index in [4.69, 9.17) is 0 Å². The molecule has 0 aliphatic carbocycles. The minimum absolute atomic E-state index is 0.0983. The number of hydrogen-bond acceptors (Lipinski definition) is 3. The molecule has 1 aromatic carbocycles. The molecule has 1 aromatic heterocycles. The normalized spacial score (nSPS) is 10.2. The molecule has 0 aliphatic heterocycles. The number of benzene rings is 1. The van der Waals surface area contributed by atoms with E-state index in [1.54, 1.807) is 17.5 Å². The van der Waals surface area contributed by atoms with Gasteiger partial charge in [0.1, 0.15) is 0 Å². The molecule has 1 heterocycles. The van der Waals surface area contributed by atoms with E-state index in [2.05, 4.69) is 22.4 Å². The minimum Gasteiger partial charge on any atom is -0.356 e. The van der Waals surface area contributed by atoms with Crippen LogP contribution in [0.15, 0.2) is 41.9 Å². The lowest BCUT2D eigenvalue weighted by atomic mass is 10.1. The lowest BCUT2D eigenvalue weighted by Crippen LogP contribution is -2.25. The number of rotatable bonds is 6. The predicted molar refractivity (Wildman–Crippen MR) is 73.6 cm³/mol. The molecule has 1 amide bonds. The van der Waals surface area contributed by atoms with E-state index < -0.39 is 0 Å². The molecule has 1 N–H and O–H groups in total. The van der Waals surface area contributed by atoms with Gasteiger partial charge in [-0.2, -0.15) is 0 Å². The topological polar surface area (TPSA) is 42.0 Å². The van der Waals surface area contributed by atoms with Gasteiger partial charge in [0.2, 0.25) is 5.91 Å². The number of carbonyl (C=O) groups is 1. The van der Waals surface area contributed by atoms with Gasteiger partial charge < -0.3 is 5.32 Å². The third-order valence-corrected chi connectivity index (χ3v) is 3.47. The molecule has 18 heavy (non-hydrogen) atoms. The van der Waals surface area contributed by atoms with E-state index >= 15 is 0 Å². The number of amides is 1. The fourth-order valence-electron chi connectivity index (χ4n) is 1.68. The second-order valence-electron chi connectivity index (χ2n) is 4.01. The van der Waals surface area contributed by atoms with Crippen molar-refractivity contribution in [3.8, 4) is 0 Å². The Hall–Kier alpha value is -1.68. The second-order valence-corrected chi connectivity index (χ2v) is 4.99. The molecule has 3 nitrogen and oxygen atoms in total. The van der Waals surface area contributed by atoms with Crippen LogP contribution in [0.4, 0.5) is 0 Å². The van der Waals surface area contributed by atoms with E-state index in [9.17, 15) is 4.79 Å². The molecule has 0 unspecified atom stereocenters. The summed E-state index contributed by atoms with van der Waals surface area (Å²) in [5.41, 5.74) is 1.25. The number of nitrogens with one attached hydrogen (secondary N) is 1. The molecule has 94 valence electrons. The number of aryl methyl sites for hydroxylation is 1. The molecule has 0 aliphatic rings. The van der Waals surface area contributed by atoms with Gasteiger partial charge in [0, 0.05) is 31.0 Å². The van der Waals surface area contributed by atoms with Crippen LogP contribution in [0.2, 0.25) is 0 Å². The van der Waals surface area contributed by atoms with Gasteiger partial charge in [-0.3, -0.25) is 4.79 Å². The van der Waals surface area contributed by atoms with Gasteiger partial charge in [-0.15, -0.1) is 11.3 Å². The smallest absolute Gasteiger partial charge is 0.220 e. The first kappa shape index (κ1) is 12.8. The molecule has 0 fully saturated rings. The van der Waals surface area contributed by atoms with E-state index in [0.29, 0.717) is 13.0 Å². The fourth-order valence-corrected chi connectivity index (χ4v) is 2.30. The zero-order valence-electron chi connectivity index (χ0n) is 10.1. The highest BCUT2D eigenvalue weighted by Crippen LogP contribution is 2.06. The fraction of sp³-hybridized carbons (Fsp3) is 0.286. The Kier molecular flexibility index (Phi) is 4.90. The van der Waals surface area contributed by atoms with Crippen molar-refractivity contribution in [1.82, 2.24) is 10.3 Å². The van der Waals surface area contributed by atoms with E-state index in [1.807, 2.05) is 23.6 Å². The van der Waals surface area contributed by atoms with Crippen LogP contribution in [0.5, 0.6) is 0 Å². The highest BCUT2D eigenvalue weighted by atomic mass is 32.1. The first-order valence-corrected chi connectivity index (χ1v) is 6.91. The molecule has 0 saturated heterocycles. The van der Waals surface area contributed by atoms with E-state index in [0.717, 1.165) is 17.8 Å². The highest BCUT2D eigenvalue weighted by Gasteiger charge is 2.03. The quantitative estimate of drug-likeness (QED) is 0.866. The summed E-state index contributed by atoms with van der Waals surface area (Å²) >= 11 is 1.59. The Bertz CT molecular complexity index is 468. The maximum atomic E-state index is 11.6. The van der Waals surface area contributed by atoms with Gasteiger partial charge in [0.25, 0.3) is 0 Å². The first-order chi connectivity index (χ1) is 8.84. The average molecular weight is 260 g/mol. The van der Waals surface area contributed by atoms with Crippen LogP contribution in [0.3, 0.4) is 0 Å². The van der Waals surface area contributed by atoms with Crippen LogP contribution >= 0.6 is 11.3 Å². The highest BCUT2D eigenvalue weighted by molar-refractivity contribution is 7.09. The van der Waals surface area contributed by atoms with Crippen LogP contribution in [0.1, 0.15) is 17.0 Å². The lowest BCUT2D eigenvalue weighted by molar-refractivity contribution is -0.121. The van der Waals surface area contributed by atoms with Crippen molar-refractivity contribution in [3.63, 3.8) is 0 Å². The Balaban J connectivity index is 1.63. The van der Waals surface area contributed by atoms with Gasteiger partial charge >= 0.3 is 0 Å². The Morgan fingerprint density at radius 2 is 2.06 bits per heavy atom. The summed E-state index contributed by atoms with van der Waals surface area (Å²) in [7, 11) is 0.